The van der Waals surface area contributed by atoms with Crippen LogP contribution in [-0.4, -0.2) is 36.3 Å². The van der Waals surface area contributed by atoms with Gasteiger partial charge in [-0.05, 0) is 24.3 Å². The van der Waals surface area contributed by atoms with Crippen LogP contribution in [0.5, 0.6) is 5.75 Å². The van der Waals surface area contributed by atoms with Gasteiger partial charge in [0.05, 0.1) is 25.0 Å². The highest BCUT2D eigenvalue weighted by Gasteiger charge is 2.14. The minimum Gasteiger partial charge on any atom is -0.484 e. The Bertz CT molecular complexity index is 831. The predicted molar refractivity (Wildman–Crippen MR) is 98.9 cm³/mol. The smallest absolute Gasteiger partial charge is 0.260 e. The molecule has 0 heterocycles. The summed E-state index contributed by atoms with van der Waals surface area (Å²) in [6.07, 6.45) is 0.404. The van der Waals surface area contributed by atoms with E-state index in [9.17, 15) is 9.59 Å². The Morgan fingerprint density at radius 2 is 1.41 bits per heavy atom. The van der Waals surface area contributed by atoms with Gasteiger partial charge in [0.2, 0.25) is 0 Å². The van der Waals surface area contributed by atoms with E-state index in [4.69, 9.17) is 15.3 Å². The van der Waals surface area contributed by atoms with Crippen molar-refractivity contribution in [3.8, 4) is 17.9 Å². The van der Waals surface area contributed by atoms with Crippen LogP contribution in [0, 0.1) is 22.7 Å². The maximum absolute atomic E-state index is 12.4. The molecule has 2 aromatic carbocycles. The van der Waals surface area contributed by atoms with Gasteiger partial charge in [-0.1, -0.05) is 30.3 Å². The monoisotopic (exact) mass is 361 g/mol. The minimum atomic E-state index is -0.287. The van der Waals surface area contributed by atoms with Crippen LogP contribution < -0.4 is 4.74 Å². The Morgan fingerprint density at radius 3 is 1.96 bits per heavy atom. The van der Waals surface area contributed by atoms with Gasteiger partial charge in [-0.15, -0.1) is 0 Å². The maximum Gasteiger partial charge on any atom is 0.260 e. The molecule has 0 saturated carbocycles. The summed E-state index contributed by atoms with van der Waals surface area (Å²) in [4.78, 5) is 26.0. The highest BCUT2D eigenvalue weighted by atomic mass is 16.5. The topological polar surface area (TPSA) is 94.2 Å². The number of hydrogen-bond acceptors (Lipinski definition) is 5. The van der Waals surface area contributed by atoms with Crippen LogP contribution in [0.2, 0.25) is 0 Å². The Kier molecular flexibility index (Phi) is 7.56. The summed E-state index contributed by atoms with van der Waals surface area (Å²) in [6, 6.07) is 19.5. The number of ketones is 1. The van der Waals surface area contributed by atoms with Crippen molar-refractivity contribution in [1.29, 1.82) is 10.5 Å². The van der Waals surface area contributed by atoms with Gasteiger partial charge in [0.15, 0.2) is 12.4 Å². The number of amides is 1. The Balaban J connectivity index is 1.94. The normalized spacial score (nSPS) is 9.70. The summed E-state index contributed by atoms with van der Waals surface area (Å²) >= 11 is 0. The third kappa shape index (κ3) is 5.98. The number of carbonyl (C=O) groups is 2. The van der Waals surface area contributed by atoms with Crippen LogP contribution in [0.15, 0.2) is 54.6 Å². The van der Waals surface area contributed by atoms with E-state index >= 15 is 0 Å². The van der Waals surface area contributed by atoms with E-state index < -0.39 is 0 Å². The number of ether oxygens (including phenoxy) is 1. The molecule has 0 radical (unpaired) electrons. The first-order chi connectivity index (χ1) is 13.2. The molecule has 0 unspecified atom stereocenters. The number of rotatable bonds is 9. The standard InChI is InChI=1S/C21H19N3O3/c22-12-4-14-24(15-5-13-23)20(25)16-27-19-10-8-18(9-11-19)21(26)17-6-2-1-3-7-17/h1-3,6-11H,4-5,14-16H2. The molecule has 2 aromatic rings. The van der Waals surface area contributed by atoms with Crippen LogP contribution in [0.25, 0.3) is 0 Å². The van der Waals surface area contributed by atoms with Gasteiger partial charge in [-0.2, -0.15) is 10.5 Å². The number of benzene rings is 2. The number of hydrogen-bond donors (Lipinski definition) is 0. The first kappa shape index (κ1) is 19.7. The number of carbonyl (C=O) groups excluding carboxylic acids is 2. The highest BCUT2D eigenvalue weighted by molar-refractivity contribution is 6.08. The number of nitriles is 2. The maximum atomic E-state index is 12.4. The van der Waals surface area contributed by atoms with E-state index in [0.717, 1.165) is 0 Å². The minimum absolute atomic E-state index is 0.0857. The van der Waals surface area contributed by atoms with E-state index in [1.807, 2.05) is 18.2 Å². The molecular weight excluding hydrogens is 342 g/mol. The van der Waals surface area contributed by atoms with E-state index in [-0.39, 0.29) is 44.2 Å². The molecule has 1 amide bonds. The molecule has 0 aliphatic rings. The lowest BCUT2D eigenvalue weighted by molar-refractivity contribution is -0.133. The summed E-state index contributed by atoms with van der Waals surface area (Å²) < 4.78 is 5.48. The molecule has 0 aliphatic carbocycles. The molecule has 0 bridgehead atoms. The van der Waals surface area contributed by atoms with Gasteiger partial charge in [-0.3, -0.25) is 9.59 Å². The average Bonchev–Trinajstić information content (AvgIpc) is 2.72. The second-order valence-electron chi connectivity index (χ2n) is 5.71. The van der Waals surface area contributed by atoms with E-state index in [0.29, 0.717) is 16.9 Å². The predicted octanol–water partition coefficient (Wildman–Crippen LogP) is 2.95. The molecule has 0 fully saturated rings. The van der Waals surface area contributed by atoms with Crippen molar-refractivity contribution in [3.05, 3.63) is 65.7 Å². The molecule has 136 valence electrons. The Hall–Kier alpha value is -3.64. The second kappa shape index (κ2) is 10.4. The van der Waals surface area contributed by atoms with Crippen molar-refractivity contribution in [2.45, 2.75) is 12.8 Å². The lowest BCUT2D eigenvalue weighted by Gasteiger charge is -2.20. The first-order valence-corrected chi connectivity index (χ1v) is 8.50. The molecule has 0 N–H and O–H groups in total. The van der Waals surface area contributed by atoms with Crippen molar-refractivity contribution in [1.82, 2.24) is 4.90 Å². The van der Waals surface area contributed by atoms with Gasteiger partial charge in [-0.25, -0.2) is 0 Å². The molecule has 6 heteroatoms. The zero-order chi connectivity index (χ0) is 19.5. The Morgan fingerprint density at radius 1 is 0.852 bits per heavy atom. The molecule has 27 heavy (non-hydrogen) atoms. The van der Waals surface area contributed by atoms with Gasteiger partial charge in [0, 0.05) is 24.2 Å². The zero-order valence-electron chi connectivity index (χ0n) is 14.8. The Labute approximate surface area is 158 Å². The molecule has 0 saturated heterocycles. The SMILES string of the molecule is N#CCCN(CCC#N)C(=O)COc1ccc(C(=O)c2ccccc2)cc1. The third-order valence-electron chi connectivity index (χ3n) is 3.85. The summed E-state index contributed by atoms with van der Waals surface area (Å²) in [5, 5.41) is 17.3. The van der Waals surface area contributed by atoms with Gasteiger partial charge < -0.3 is 9.64 Å². The van der Waals surface area contributed by atoms with Crippen molar-refractivity contribution < 1.29 is 14.3 Å². The second-order valence-corrected chi connectivity index (χ2v) is 5.71. The zero-order valence-corrected chi connectivity index (χ0v) is 14.8. The molecule has 0 spiro atoms. The molecule has 2 rings (SSSR count). The highest BCUT2D eigenvalue weighted by Crippen LogP contribution is 2.15. The van der Waals surface area contributed by atoms with Crippen LogP contribution in [-0.2, 0) is 4.79 Å². The fraction of sp³-hybridized carbons (Fsp3) is 0.238. The van der Waals surface area contributed by atoms with Gasteiger partial charge in [0.25, 0.3) is 5.91 Å². The lowest BCUT2D eigenvalue weighted by atomic mass is 10.0. The lowest BCUT2D eigenvalue weighted by Crippen LogP contribution is -2.36. The quantitative estimate of drug-likeness (QED) is 0.640. The fourth-order valence-electron chi connectivity index (χ4n) is 2.43. The summed E-state index contributed by atoms with van der Waals surface area (Å²) in [5.74, 6) is 0.0934. The average molecular weight is 361 g/mol. The first-order valence-electron chi connectivity index (χ1n) is 8.50. The van der Waals surface area contributed by atoms with Crippen molar-refractivity contribution in [3.63, 3.8) is 0 Å². The van der Waals surface area contributed by atoms with Gasteiger partial charge >= 0.3 is 0 Å². The van der Waals surface area contributed by atoms with Crippen LogP contribution >= 0.6 is 0 Å². The third-order valence-corrected chi connectivity index (χ3v) is 3.85. The van der Waals surface area contributed by atoms with Crippen LogP contribution in [0.1, 0.15) is 28.8 Å². The van der Waals surface area contributed by atoms with E-state index in [1.165, 1.54) is 4.90 Å². The molecule has 6 nitrogen and oxygen atoms in total. The molecule has 0 aliphatic heterocycles. The molecular formula is C21H19N3O3. The van der Waals surface area contributed by atoms with Crippen molar-refractivity contribution in [2.75, 3.05) is 19.7 Å². The summed E-state index contributed by atoms with van der Waals surface area (Å²) in [6.45, 7) is 0.346. The van der Waals surface area contributed by atoms with E-state index in [1.54, 1.807) is 48.5 Å². The van der Waals surface area contributed by atoms with Crippen molar-refractivity contribution >= 4 is 11.7 Å². The molecule has 0 aromatic heterocycles. The largest absolute Gasteiger partial charge is 0.484 e. The van der Waals surface area contributed by atoms with Crippen LogP contribution in [0.3, 0.4) is 0 Å². The van der Waals surface area contributed by atoms with Gasteiger partial charge in [0.1, 0.15) is 5.75 Å². The molecule has 0 atom stereocenters. The van der Waals surface area contributed by atoms with E-state index in [2.05, 4.69) is 0 Å². The summed E-state index contributed by atoms with van der Waals surface area (Å²) in [5.41, 5.74) is 1.14. The van der Waals surface area contributed by atoms with Crippen molar-refractivity contribution in [2.24, 2.45) is 0 Å². The number of nitrogens with zero attached hydrogens (tertiary/aromatic N) is 3. The summed E-state index contributed by atoms with van der Waals surface area (Å²) in [7, 11) is 0. The fourth-order valence-corrected chi connectivity index (χ4v) is 2.43. The van der Waals surface area contributed by atoms with Crippen LogP contribution in [0.4, 0.5) is 0 Å².